The van der Waals surface area contributed by atoms with Crippen LogP contribution >= 0.6 is 0 Å². The first-order valence-electron chi connectivity index (χ1n) is 4.71. The van der Waals surface area contributed by atoms with Gasteiger partial charge < -0.3 is 4.74 Å². The minimum atomic E-state index is -0.485. The summed E-state index contributed by atoms with van der Waals surface area (Å²) >= 11 is 0. The summed E-state index contributed by atoms with van der Waals surface area (Å²) in [6.45, 7) is 6.45. The van der Waals surface area contributed by atoms with Crippen molar-refractivity contribution < 1.29 is 19.3 Å². The summed E-state index contributed by atoms with van der Waals surface area (Å²) in [6.07, 6.45) is 1.06. The van der Waals surface area contributed by atoms with E-state index < -0.39 is 12.1 Å². The number of carbonyl (C=O) groups excluding carboxylic acids is 1. The van der Waals surface area contributed by atoms with Gasteiger partial charge in [0.1, 0.15) is 0 Å². The summed E-state index contributed by atoms with van der Waals surface area (Å²) < 4.78 is 5.19. The van der Waals surface area contributed by atoms with E-state index in [1.54, 1.807) is 6.92 Å². The molecular formula is C9H18O4. The summed E-state index contributed by atoms with van der Waals surface area (Å²) in [4.78, 5) is 20.2. The zero-order valence-electron chi connectivity index (χ0n) is 8.54. The average molecular weight is 190 g/mol. The van der Waals surface area contributed by atoms with Crippen LogP contribution in [0.5, 0.6) is 0 Å². The molecule has 78 valence electrons. The molecule has 0 aliphatic heterocycles. The highest BCUT2D eigenvalue weighted by Gasteiger charge is 2.19. The lowest BCUT2D eigenvalue weighted by atomic mass is 10.2. The molecule has 0 N–H and O–H groups in total. The first kappa shape index (κ1) is 12.4. The average Bonchev–Trinajstić information content (AvgIpc) is 2.14. The van der Waals surface area contributed by atoms with Gasteiger partial charge in [0, 0.05) is 6.61 Å². The molecule has 4 nitrogen and oxygen atoms in total. The Morgan fingerprint density at radius 2 is 1.92 bits per heavy atom. The van der Waals surface area contributed by atoms with E-state index in [4.69, 9.17) is 4.74 Å². The first-order chi connectivity index (χ1) is 6.26. The third kappa shape index (κ3) is 5.60. The Bertz CT molecular complexity index is 130. The van der Waals surface area contributed by atoms with Crippen molar-refractivity contribution >= 4 is 5.97 Å². The normalized spacial score (nSPS) is 12.5. The van der Waals surface area contributed by atoms with E-state index in [-0.39, 0.29) is 0 Å². The SMILES string of the molecule is CCCC(OCC)C(=O)OOCC. The molecule has 1 unspecified atom stereocenters. The highest BCUT2D eigenvalue weighted by molar-refractivity contribution is 5.73. The van der Waals surface area contributed by atoms with Gasteiger partial charge in [-0.05, 0) is 20.3 Å². The molecule has 0 aliphatic rings. The molecule has 0 aromatic carbocycles. The molecule has 0 saturated carbocycles. The molecule has 0 aromatic rings. The number of hydrogen-bond donors (Lipinski definition) is 0. The maximum absolute atomic E-state index is 11.2. The van der Waals surface area contributed by atoms with E-state index in [2.05, 4.69) is 9.78 Å². The molecule has 4 heteroatoms. The zero-order valence-corrected chi connectivity index (χ0v) is 8.54. The molecule has 0 heterocycles. The molecule has 0 spiro atoms. The maximum atomic E-state index is 11.2. The standard InChI is InChI=1S/C9H18O4/c1-4-7-8(11-5-2)9(10)13-12-6-3/h8H,4-7H2,1-3H3. The summed E-state index contributed by atoms with van der Waals surface area (Å²) in [7, 11) is 0. The molecule has 0 bridgehead atoms. The Morgan fingerprint density at radius 1 is 1.23 bits per heavy atom. The van der Waals surface area contributed by atoms with Crippen molar-refractivity contribution in [1.82, 2.24) is 0 Å². The fourth-order valence-electron chi connectivity index (χ4n) is 0.903. The lowest BCUT2D eigenvalue weighted by molar-refractivity contribution is -0.277. The molecule has 0 aromatic heterocycles. The van der Waals surface area contributed by atoms with Gasteiger partial charge in [0.05, 0.1) is 6.61 Å². The van der Waals surface area contributed by atoms with E-state index in [9.17, 15) is 4.79 Å². The summed E-state index contributed by atoms with van der Waals surface area (Å²) in [5, 5.41) is 0. The minimum absolute atomic E-state index is 0.358. The number of carbonyl (C=O) groups is 1. The van der Waals surface area contributed by atoms with Crippen molar-refractivity contribution in [3.63, 3.8) is 0 Å². The van der Waals surface area contributed by atoms with Crippen molar-refractivity contribution in [3.05, 3.63) is 0 Å². The predicted octanol–water partition coefficient (Wildman–Crippen LogP) is 1.69. The summed E-state index contributed by atoms with van der Waals surface area (Å²) in [5.74, 6) is -0.439. The van der Waals surface area contributed by atoms with E-state index in [1.165, 1.54) is 0 Å². The molecule has 0 rings (SSSR count). The van der Waals surface area contributed by atoms with Crippen LogP contribution in [0.1, 0.15) is 33.6 Å². The van der Waals surface area contributed by atoms with Gasteiger partial charge in [0.15, 0.2) is 6.10 Å². The van der Waals surface area contributed by atoms with Gasteiger partial charge in [0.25, 0.3) is 0 Å². The maximum Gasteiger partial charge on any atom is 0.370 e. The van der Waals surface area contributed by atoms with E-state index in [0.717, 1.165) is 6.42 Å². The number of ether oxygens (including phenoxy) is 1. The van der Waals surface area contributed by atoms with Crippen LogP contribution in [0.3, 0.4) is 0 Å². The summed E-state index contributed by atoms with van der Waals surface area (Å²) in [6, 6.07) is 0. The fourth-order valence-corrected chi connectivity index (χ4v) is 0.903. The molecule has 0 saturated heterocycles. The van der Waals surface area contributed by atoms with E-state index in [1.807, 2.05) is 13.8 Å². The van der Waals surface area contributed by atoms with Crippen molar-refractivity contribution in [2.75, 3.05) is 13.2 Å². The van der Waals surface area contributed by atoms with Crippen molar-refractivity contribution in [3.8, 4) is 0 Å². The number of rotatable bonds is 7. The Hall–Kier alpha value is -0.610. The van der Waals surface area contributed by atoms with Crippen LogP contribution in [0.25, 0.3) is 0 Å². The van der Waals surface area contributed by atoms with Gasteiger partial charge in [-0.3, -0.25) is 4.89 Å². The molecule has 0 radical (unpaired) electrons. The lowest BCUT2D eigenvalue weighted by Crippen LogP contribution is -2.26. The van der Waals surface area contributed by atoms with Crippen LogP contribution < -0.4 is 0 Å². The third-order valence-electron chi connectivity index (χ3n) is 1.44. The minimum Gasteiger partial charge on any atom is -0.367 e. The third-order valence-corrected chi connectivity index (χ3v) is 1.44. The topological polar surface area (TPSA) is 44.8 Å². The Kier molecular flexibility index (Phi) is 7.63. The molecule has 0 amide bonds. The summed E-state index contributed by atoms with van der Waals surface area (Å²) in [5.41, 5.74) is 0. The molecular weight excluding hydrogens is 172 g/mol. The van der Waals surface area contributed by atoms with Gasteiger partial charge in [-0.15, -0.1) is 0 Å². The Balaban J connectivity index is 3.80. The molecule has 0 fully saturated rings. The van der Waals surface area contributed by atoms with Crippen LogP contribution in [-0.4, -0.2) is 25.3 Å². The van der Waals surface area contributed by atoms with Gasteiger partial charge in [0.2, 0.25) is 0 Å². The zero-order chi connectivity index (χ0) is 10.1. The van der Waals surface area contributed by atoms with Crippen LogP contribution in [0.15, 0.2) is 0 Å². The molecule has 13 heavy (non-hydrogen) atoms. The molecule has 0 aliphatic carbocycles. The Labute approximate surface area is 79.1 Å². The second-order valence-corrected chi connectivity index (χ2v) is 2.54. The van der Waals surface area contributed by atoms with Crippen LogP contribution in [-0.2, 0) is 19.3 Å². The van der Waals surface area contributed by atoms with E-state index >= 15 is 0 Å². The highest BCUT2D eigenvalue weighted by Crippen LogP contribution is 2.04. The van der Waals surface area contributed by atoms with E-state index in [0.29, 0.717) is 19.6 Å². The van der Waals surface area contributed by atoms with Crippen molar-refractivity contribution in [1.29, 1.82) is 0 Å². The predicted molar refractivity (Wildman–Crippen MR) is 48.0 cm³/mol. The van der Waals surface area contributed by atoms with Crippen molar-refractivity contribution in [2.24, 2.45) is 0 Å². The second kappa shape index (κ2) is 8.01. The second-order valence-electron chi connectivity index (χ2n) is 2.54. The largest absolute Gasteiger partial charge is 0.370 e. The van der Waals surface area contributed by atoms with Crippen molar-refractivity contribution in [2.45, 2.75) is 39.7 Å². The van der Waals surface area contributed by atoms with Gasteiger partial charge >= 0.3 is 5.97 Å². The Morgan fingerprint density at radius 3 is 2.38 bits per heavy atom. The number of hydrogen-bond acceptors (Lipinski definition) is 4. The smallest absolute Gasteiger partial charge is 0.367 e. The van der Waals surface area contributed by atoms with Crippen LogP contribution in [0, 0.1) is 0 Å². The van der Waals surface area contributed by atoms with Crippen LogP contribution in [0.4, 0.5) is 0 Å². The van der Waals surface area contributed by atoms with Gasteiger partial charge in [-0.2, -0.15) is 4.89 Å². The lowest BCUT2D eigenvalue weighted by Gasteiger charge is -2.13. The van der Waals surface area contributed by atoms with Crippen LogP contribution in [0.2, 0.25) is 0 Å². The van der Waals surface area contributed by atoms with Gasteiger partial charge in [-0.1, -0.05) is 13.3 Å². The first-order valence-corrected chi connectivity index (χ1v) is 4.71. The quantitative estimate of drug-likeness (QED) is 0.452. The molecule has 1 atom stereocenters. The van der Waals surface area contributed by atoms with Gasteiger partial charge in [-0.25, -0.2) is 4.79 Å². The highest BCUT2D eigenvalue weighted by atomic mass is 17.2. The fraction of sp³-hybridized carbons (Fsp3) is 0.889. The monoisotopic (exact) mass is 190 g/mol.